The van der Waals surface area contributed by atoms with Crippen molar-refractivity contribution in [3.63, 3.8) is 0 Å². The van der Waals surface area contributed by atoms with Gasteiger partial charge in [0, 0.05) is 6.61 Å². The highest BCUT2D eigenvalue weighted by atomic mass is 19.4. The lowest BCUT2D eigenvalue weighted by Crippen LogP contribution is -2.55. The van der Waals surface area contributed by atoms with E-state index in [1.165, 1.54) is 0 Å². The molecule has 0 heterocycles. The van der Waals surface area contributed by atoms with Crippen molar-refractivity contribution >= 4 is 0 Å². The Balaban J connectivity index is 4.65. The summed E-state index contributed by atoms with van der Waals surface area (Å²) in [6.07, 6.45) is -5.19. The molecule has 0 saturated heterocycles. The quantitative estimate of drug-likeness (QED) is 0.622. The lowest BCUT2D eigenvalue weighted by Gasteiger charge is -2.36. The molecular formula is C13H23F5O. The highest BCUT2D eigenvalue weighted by Gasteiger charge is 2.67. The lowest BCUT2D eigenvalue weighted by atomic mass is 9.78. The molecule has 0 aromatic rings. The first-order chi connectivity index (χ1) is 8.15. The molecule has 0 bridgehead atoms. The van der Waals surface area contributed by atoms with Gasteiger partial charge in [-0.25, -0.2) is 0 Å². The average Bonchev–Trinajstić information content (AvgIpc) is 2.14. The fourth-order valence-electron chi connectivity index (χ4n) is 1.29. The molecule has 0 unspecified atom stereocenters. The summed E-state index contributed by atoms with van der Waals surface area (Å²) in [5.41, 5.74) is -2.75. The van der Waals surface area contributed by atoms with Crippen LogP contribution in [-0.4, -0.2) is 24.3 Å². The molecule has 0 fully saturated rings. The van der Waals surface area contributed by atoms with E-state index in [2.05, 4.69) is 0 Å². The molecule has 0 radical (unpaired) electrons. The fraction of sp³-hybridized carbons (Fsp3) is 1.00. The Morgan fingerprint density at radius 3 is 1.63 bits per heavy atom. The van der Waals surface area contributed by atoms with Crippen molar-refractivity contribution in [3.05, 3.63) is 0 Å². The highest BCUT2D eigenvalue weighted by Crippen LogP contribution is 2.45. The van der Waals surface area contributed by atoms with Gasteiger partial charge in [0.25, 0.3) is 0 Å². The SMILES string of the molecule is CC(C)C(C)(C)CCOC(C)(C)C(F)(F)C(F)(F)F. The van der Waals surface area contributed by atoms with Gasteiger partial charge in [0.1, 0.15) is 5.60 Å². The normalized spacial score (nSPS) is 15.2. The van der Waals surface area contributed by atoms with Crippen molar-refractivity contribution in [2.45, 2.75) is 65.7 Å². The van der Waals surface area contributed by atoms with E-state index in [0.717, 1.165) is 13.8 Å². The van der Waals surface area contributed by atoms with Crippen LogP contribution in [0, 0.1) is 11.3 Å². The van der Waals surface area contributed by atoms with Gasteiger partial charge in [0.05, 0.1) is 0 Å². The lowest BCUT2D eigenvalue weighted by molar-refractivity contribution is -0.342. The summed E-state index contributed by atoms with van der Waals surface area (Å²) in [5.74, 6) is -4.59. The van der Waals surface area contributed by atoms with Crippen molar-refractivity contribution in [2.24, 2.45) is 11.3 Å². The molecule has 0 aliphatic carbocycles. The topological polar surface area (TPSA) is 9.23 Å². The van der Waals surface area contributed by atoms with E-state index in [0.29, 0.717) is 6.42 Å². The Hall–Kier alpha value is -0.390. The summed E-state index contributed by atoms with van der Waals surface area (Å²) < 4.78 is 68.2. The van der Waals surface area contributed by atoms with E-state index in [4.69, 9.17) is 4.74 Å². The van der Waals surface area contributed by atoms with Crippen LogP contribution in [0.4, 0.5) is 22.0 Å². The molecule has 6 heteroatoms. The minimum atomic E-state index is -5.61. The molecule has 1 nitrogen and oxygen atoms in total. The maximum absolute atomic E-state index is 13.2. The van der Waals surface area contributed by atoms with Crippen LogP contribution in [0.1, 0.15) is 48.0 Å². The average molecular weight is 290 g/mol. The van der Waals surface area contributed by atoms with Gasteiger partial charge < -0.3 is 4.74 Å². The Morgan fingerprint density at radius 2 is 1.32 bits per heavy atom. The second kappa shape index (κ2) is 5.54. The van der Waals surface area contributed by atoms with Crippen LogP contribution in [0.15, 0.2) is 0 Å². The Labute approximate surface area is 111 Å². The summed E-state index contributed by atoms with van der Waals surface area (Å²) in [5, 5.41) is 0. The summed E-state index contributed by atoms with van der Waals surface area (Å²) >= 11 is 0. The van der Waals surface area contributed by atoms with Gasteiger partial charge >= 0.3 is 12.1 Å². The molecule has 0 aromatic heterocycles. The van der Waals surface area contributed by atoms with Crippen LogP contribution >= 0.6 is 0 Å². The minimum Gasteiger partial charge on any atom is -0.369 e. The minimum absolute atomic E-state index is 0.135. The van der Waals surface area contributed by atoms with Crippen molar-refractivity contribution in [3.8, 4) is 0 Å². The largest absolute Gasteiger partial charge is 0.456 e. The van der Waals surface area contributed by atoms with Crippen molar-refractivity contribution in [1.82, 2.24) is 0 Å². The Morgan fingerprint density at radius 1 is 0.895 bits per heavy atom. The van der Waals surface area contributed by atoms with E-state index in [-0.39, 0.29) is 17.9 Å². The number of rotatable bonds is 6. The molecule has 0 amide bonds. The Kier molecular flexibility index (Phi) is 5.43. The monoisotopic (exact) mass is 290 g/mol. The van der Waals surface area contributed by atoms with E-state index < -0.39 is 17.7 Å². The van der Waals surface area contributed by atoms with E-state index >= 15 is 0 Å². The van der Waals surface area contributed by atoms with Crippen molar-refractivity contribution in [2.75, 3.05) is 6.61 Å². The molecule has 0 aliphatic heterocycles. The zero-order chi connectivity index (χ0) is 15.7. The van der Waals surface area contributed by atoms with Crippen LogP contribution in [0.2, 0.25) is 0 Å². The highest BCUT2D eigenvalue weighted by molar-refractivity contribution is 4.93. The summed E-state index contributed by atoms with van der Waals surface area (Å²) in [7, 11) is 0. The van der Waals surface area contributed by atoms with E-state index in [1.54, 1.807) is 0 Å². The van der Waals surface area contributed by atoms with Crippen molar-refractivity contribution in [1.29, 1.82) is 0 Å². The number of alkyl halides is 5. The van der Waals surface area contributed by atoms with Gasteiger partial charge in [-0.05, 0) is 31.6 Å². The summed E-state index contributed by atoms with van der Waals surface area (Å²) in [6.45, 7) is 9.19. The molecule has 0 aliphatic rings. The maximum atomic E-state index is 13.2. The fourth-order valence-corrected chi connectivity index (χ4v) is 1.29. The molecule has 0 aromatic carbocycles. The summed E-state index contributed by atoms with van der Waals surface area (Å²) in [6, 6.07) is 0. The second-order valence-corrected chi connectivity index (χ2v) is 6.32. The first-order valence-corrected chi connectivity index (χ1v) is 6.23. The molecule has 19 heavy (non-hydrogen) atoms. The van der Waals surface area contributed by atoms with E-state index in [9.17, 15) is 22.0 Å². The molecule has 116 valence electrons. The van der Waals surface area contributed by atoms with Crippen molar-refractivity contribution < 1.29 is 26.7 Å². The third kappa shape index (κ3) is 4.29. The maximum Gasteiger partial charge on any atom is 0.456 e. The molecular weight excluding hydrogens is 267 g/mol. The second-order valence-electron chi connectivity index (χ2n) is 6.32. The predicted octanol–water partition coefficient (Wildman–Crippen LogP) is 5.05. The number of ether oxygens (including phenoxy) is 1. The van der Waals surface area contributed by atoms with Crippen LogP contribution in [0.5, 0.6) is 0 Å². The zero-order valence-electron chi connectivity index (χ0n) is 12.3. The first kappa shape index (κ1) is 18.6. The number of halogens is 5. The molecule has 0 N–H and O–H groups in total. The van der Waals surface area contributed by atoms with Gasteiger partial charge in [-0.2, -0.15) is 22.0 Å². The number of hydrogen-bond acceptors (Lipinski definition) is 1. The molecule has 0 saturated carbocycles. The van der Waals surface area contributed by atoms with Crippen LogP contribution < -0.4 is 0 Å². The smallest absolute Gasteiger partial charge is 0.369 e. The first-order valence-electron chi connectivity index (χ1n) is 6.23. The molecule has 0 spiro atoms. The van der Waals surface area contributed by atoms with Gasteiger partial charge in [-0.1, -0.05) is 27.7 Å². The Bertz CT molecular complexity index is 292. The predicted molar refractivity (Wildman–Crippen MR) is 64.3 cm³/mol. The standard InChI is InChI=1S/C13H23F5O/c1-9(2)10(3,4)7-8-19-11(5,6)12(14,15)13(16,17)18/h9H,7-8H2,1-6H3. The number of hydrogen-bond donors (Lipinski definition) is 0. The zero-order valence-corrected chi connectivity index (χ0v) is 12.3. The van der Waals surface area contributed by atoms with Gasteiger partial charge in [0.2, 0.25) is 0 Å². The van der Waals surface area contributed by atoms with E-state index in [1.807, 2.05) is 27.7 Å². The van der Waals surface area contributed by atoms with Crippen LogP contribution in [0.3, 0.4) is 0 Å². The van der Waals surface area contributed by atoms with Gasteiger partial charge in [0.15, 0.2) is 0 Å². The third-order valence-corrected chi connectivity index (χ3v) is 3.88. The van der Waals surface area contributed by atoms with Gasteiger partial charge in [-0.15, -0.1) is 0 Å². The third-order valence-electron chi connectivity index (χ3n) is 3.88. The molecule has 0 atom stereocenters. The van der Waals surface area contributed by atoms with Gasteiger partial charge in [-0.3, -0.25) is 0 Å². The summed E-state index contributed by atoms with van der Waals surface area (Å²) in [4.78, 5) is 0. The van der Waals surface area contributed by atoms with Crippen LogP contribution in [0.25, 0.3) is 0 Å². The molecule has 0 rings (SSSR count). The van der Waals surface area contributed by atoms with Crippen LogP contribution in [-0.2, 0) is 4.74 Å².